The molecule has 204 valence electrons. The van der Waals surface area contributed by atoms with Gasteiger partial charge in [0.25, 0.3) is 0 Å². The lowest BCUT2D eigenvalue weighted by Gasteiger charge is -2.42. The zero-order chi connectivity index (χ0) is 26.7. The summed E-state index contributed by atoms with van der Waals surface area (Å²) >= 11 is 0. The second-order valence-electron chi connectivity index (χ2n) is 14.0. The number of hydrogen-bond acceptors (Lipinski definition) is 4. The molecule has 1 aliphatic heterocycles. The fourth-order valence-electron chi connectivity index (χ4n) is 7.73. The Balaban J connectivity index is 1.18. The number of nitrogens with one attached hydrogen (secondary N) is 2. The predicted octanol–water partition coefficient (Wildman–Crippen LogP) is 5.53. The van der Waals surface area contributed by atoms with E-state index in [9.17, 15) is 9.90 Å². The van der Waals surface area contributed by atoms with Crippen LogP contribution in [0, 0.1) is 5.92 Å². The van der Waals surface area contributed by atoms with E-state index in [1.54, 1.807) is 0 Å². The Kier molecular flexibility index (Phi) is 6.47. The van der Waals surface area contributed by atoms with Crippen molar-refractivity contribution in [2.75, 3.05) is 6.54 Å². The maximum atomic E-state index is 12.7. The van der Waals surface area contributed by atoms with Crippen molar-refractivity contribution in [2.24, 2.45) is 5.92 Å². The van der Waals surface area contributed by atoms with Crippen molar-refractivity contribution in [1.82, 2.24) is 15.6 Å². The molecule has 1 amide bonds. The van der Waals surface area contributed by atoms with Gasteiger partial charge in [-0.3, -0.25) is 9.78 Å². The molecule has 3 N–H and O–H groups in total. The number of amides is 1. The molecule has 5 nitrogen and oxygen atoms in total. The van der Waals surface area contributed by atoms with Crippen molar-refractivity contribution in [3.05, 3.63) is 53.2 Å². The molecular weight excluding hydrogens is 470 g/mol. The molecule has 0 spiro atoms. The number of nitrogens with zero attached hydrogens (tertiary/aromatic N) is 1. The summed E-state index contributed by atoms with van der Waals surface area (Å²) in [6.07, 6.45) is 9.10. The van der Waals surface area contributed by atoms with Gasteiger partial charge in [0.1, 0.15) is 6.04 Å². The Morgan fingerprint density at radius 2 is 1.76 bits per heavy atom. The van der Waals surface area contributed by atoms with Gasteiger partial charge in [0.05, 0.1) is 11.8 Å². The van der Waals surface area contributed by atoms with Crippen LogP contribution in [0.15, 0.2) is 36.4 Å². The van der Waals surface area contributed by atoms with Crippen LogP contribution in [-0.2, 0) is 21.0 Å². The fourth-order valence-corrected chi connectivity index (χ4v) is 7.73. The molecule has 1 aromatic carbocycles. The highest BCUT2D eigenvalue weighted by molar-refractivity contribution is 5.83. The number of rotatable bonds is 4. The van der Waals surface area contributed by atoms with E-state index in [-0.39, 0.29) is 28.2 Å². The molecule has 0 bridgehead atoms. The zero-order valence-electron chi connectivity index (χ0n) is 23.6. The first-order chi connectivity index (χ1) is 18.1. The lowest BCUT2D eigenvalue weighted by Crippen LogP contribution is -2.49. The van der Waals surface area contributed by atoms with Crippen LogP contribution in [0.5, 0.6) is 0 Å². The van der Waals surface area contributed by atoms with Gasteiger partial charge in [-0.05, 0) is 104 Å². The molecule has 6 rings (SSSR count). The second-order valence-corrected chi connectivity index (χ2v) is 14.0. The number of carbonyl (C=O) groups is 1. The van der Waals surface area contributed by atoms with Gasteiger partial charge in [0, 0.05) is 22.7 Å². The van der Waals surface area contributed by atoms with E-state index in [0.29, 0.717) is 18.9 Å². The summed E-state index contributed by atoms with van der Waals surface area (Å²) in [5.41, 5.74) is 7.19. The minimum Gasteiger partial charge on any atom is -0.391 e. The van der Waals surface area contributed by atoms with Crippen LogP contribution in [-0.4, -0.2) is 40.7 Å². The summed E-state index contributed by atoms with van der Waals surface area (Å²) in [4.78, 5) is 18.0. The van der Waals surface area contributed by atoms with Crippen molar-refractivity contribution >= 4 is 5.91 Å². The van der Waals surface area contributed by atoms with Gasteiger partial charge in [-0.2, -0.15) is 0 Å². The van der Waals surface area contributed by atoms with Crippen molar-refractivity contribution in [3.63, 3.8) is 0 Å². The van der Waals surface area contributed by atoms with Crippen molar-refractivity contribution < 1.29 is 9.90 Å². The molecule has 5 atom stereocenters. The highest BCUT2D eigenvalue weighted by Crippen LogP contribution is 2.60. The zero-order valence-corrected chi connectivity index (χ0v) is 23.6. The van der Waals surface area contributed by atoms with Gasteiger partial charge < -0.3 is 15.7 Å². The maximum Gasteiger partial charge on any atom is 0.240 e. The van der Waals surface area contributed by atoms with Crippen molar-refractivity contribution in [1.29, 1.82) is 0 Å². The minimum atomic E-state index is -0.564. The molecule has 1 saturated heterocycles. The molecular formula is C33H45N3O2. The van der Waals surface area contributed by atoms with E-state index in [0.717, 1.165) is 37.8 Å². The number of carbonyl (C=O) groups excluding carboxylic acids is 1. The number of pyridine rings is 1. The predicted molar refractivity (Wildman–Crippen MR) is 152 cm³/mol. The largest absolute Gasteiger partial charge is 0.391 e. The molecule has 4 aliphatic rings. The number of hydrogen-bond donors (Lipinski definition) is 3. The smallest absolute Gasteiger partial charge is 0.240 e. The normalized spacial score (nSPS) is 33.4. The average molecular weight is 516 g/mol. The van der Waals surface area contributed by atoms with Gasteiger partial charge >= 0.3 is 0 Å². The standard InChI is InChI=1S/C33H45N3O2/c1-31(2)16-17-32(3,4)25-19-21(10-13-24(25)31)26-8-5-9-28(36-26)33-15-6-7-23(12-11-22(33)20-33)35-30(38)29-27(37)14-18-34-29/h5,8-10,13,19,22-23,27,29,34,37H,6-7,11-12,14-18,20H2,1-4H3,(H,35,38). The molecule has 0 radical (unpaired) electrons. The number of aromatic nitrogens is 1. The summed E-state index contributed by atoms with van der Waals surface area (Å²) in [5, 5.41) is 16.5. The first kappa shape index (κ1) is 26.0. The van der Waals surface area contributed by atoms with Crippen LogP contribution in [0.3, 0.4) is 0 Å². The molecule has 2 saturated carbocycles. The first-order valence-electron chi connectivity index (χ1n) is 14.9. The average Bonchev–Trinajstić information content (AvgIpc) is 3.40. The topological polar surface area (TPSA) is 74.2 Å². The van der Waals surface area contributed by atoms with E-state index in [4.69, 9.17) is 4.98 Å². The van der Waals surface area contributed by atoms with Gasteiger partial charge in [0.2, 0.25) is 5.91 Å². The lowest BCUT2D eigenvalue weighted by molar-refractivity contribution is -0.125. The van der Waals surface area contributed by atoms with Crippen LogP contribution in [0.4, 0.5) is 0 Å². The molecule has 5 heteroatoms. The summed E-state index contributed by atoms with van der Waals surface area (Å²) in [7, 11) is 0. The fraction of sp³-hybridized carbons (Fsp3) is 0.636. The quantitative estimate of drug-likeness (QED) is 0.501. The van der Waals surface area contributed by atoms with E-state index in [1.165, 1.54) is 41.6 Å². The third-order valence-electron chi connectivity index (χ3n) is 10.5. The van der Waals surface area contributed by atoms with E-state index >= 15 is 0 Å². The number of aliphatic hydroxyl groups excluding tert-OH is 1. The van der Waals surface area contributed by atoms with Crippen molar-refractivity contribution in [3.8, 4) is 11.3 Å². The van der Waals surface area contributed by atoms with Crippen LogP contribution >= 0.6 is 0 Å². The highest BCUT2D eigenvalue weighted by Gasteiger charge is 2.55. The van der Waals surface area contributed by atoms with Crippen LogP contribution in [0.2, 0.25) is 0 Å². The maximum absolute atomic E-state index is 12.7. The Labute approximate surface area is 228 Å². The third kappa shape index (κ3) is 4.60. The Morgan fingerprint density at radius 3 is 2.53 bits per heavy atom. The van der Waals surface area contributed by atoms with Crippen LogP contribution in [0.25, 0.3) is 11.3 Å². The number of benzene rings is 1. The third-order valence-corrected chi connectivity index (χ3v) is 10.5. The molecule has 3 aliphatic carbocycles. The number of fused-ring (bicyclic) bond motifs is 2. The Hall–Kier alpha value is -2.24. The monoisotopic (exact) mass is 515 g/mol. The molecule has 3 fully saturated rings. The summed E-state index contributed by atoms with van der Waals surface area (Å²) < 4.78 is 0. The summed E-state index contributed by atoms with van der Waals surface area (Å²) in [6.45, 7) is 10.2. The minimum absolute atomic E-state index is 0.0337. The number of aliphatic hydroxyl groups is 1. The van der Waals surface area contributed by atoms with E-state index in [2.05, 4.69) is 74.7 Å². The van der Waals surface area contributed by atoms with Crippen LogP contribution in [0.1, 0.15) is 102 Å². The summed E-state index contributed by atoms with van der Waals surface area (Å²) in [5.74, 6) is 0.608. The lowest BCUT2D eigenvalue weighted by atomic mass is 9.63. The molecule has 38 heavy (non-hydrogen) atoms. The van der Waals surface area contributed by atoms with E-state index in [1.807, 2.05) is 0 Å². The second kappa shape index (κ2) is 9.45. The van der Waals surface area contributed by atoms with Gasteiger partial charge in [-0.25, -0.2) is 0 Å². The molecule has 5 unspecified atom stereocenters. The SMILES string of the molecule is CC1(C)CCC(C)(C)c2cc(-c3cccc(C45CCCC(NC(=O)C6NCCC6O)CCC4C5)n3)ccc21. The van der Waals surface area contributed by atoms with E-state index < -0.39 is 12.1 Å². The Bertz CT molecular complexity index is 1220. The van der Waals surface area contributed by atoms with Crippen molar-refractivity contribution in [2.45, 2.75) is 120 Å². The molecule has 2 heterocycles. The van der Waals surface area contributed by atoms with Gasteiger partial charge in [-0.1, -0.05) is 52.3 Å². The first-order valence-corrected chi connectivity index (χ1v) is 14.9. The summed E-state index contributed by atoms with van der Waals surface area (Å²) in [6, 6.07) is 13.5. The van der Waals surface area contributed by atoms with Gasteiger partial charge in [0.15, 0.2) is 0 Å². The Morgan fingerprint density at radius 1 is 0.974 bits per heavy atom. The van der Waals surface area contributed by atoms with Gasteiger partial charge in [-0.15, -0.1) is 0 Å². The molecule has 2 aromatic rings. The highest BCUT2D eigenvalue weighted by atomic mass is 16.3. The molecule has 1 aromatic heterocycles. The van der Waals surface area contributed by atoms with Crippen LogP contribution < -0.4 is 10.6 Å².